The van der Waals surface area contributed by atoms with E-state index in [1.54, 1.807) is 0 Å². The van der Waals surface area contributed by atoms with Crippen LogP contribution in [0.5, 0.6) is 0 Å². The van der Waals surface area contributed by atoms with E-state index < -0.39 is 20.8 Å². The second-order valence-electron chi connectivity index (χ2n) is 8.86. The molecule has 0 unspecified atom stereocenters. The van der Waals surface area contributed by atoms with E-state index in [-0.39, 0.29) is 61.6 Å². The number of hydrogen-bond donors (Lipinski definition) is 2. The van der Waals surface area contributed by atoms with Crippen LogP contribution in [0.25, 0.3) is 0 Å². The van der Waals surface area contributed by atoms with Gasteiger partial charge in [0.25, 0.3) is 0 Å². The average Bonchev–Trinajstić information content (AvgIpc) is 2.74. The molecule has 0 aromatic heterocycles. The van der Waals surface area contributed by atoms with Crippen molar-refractivity contribution in [2.24, 2.45) is 0 Å². The SMILES string of the molecule is CCCCCCCCCCCCOS(=O)(=O)OCCCCCCCCCCCC.O=S(=O)(O)O.[LiH].[NaH]. The summed E-state index contributed by atoms with van der Waals surface area (Å²) in [6, 6.07) is 0. The molecule has 2 N–H and O–H groups in total. The molecular weight excluding hydrogens is 510 g/mol. The van der Waals surface area contributed by atoms with Crippen LogP contribution >= 0.6 is 0 Å². The second-order valence-corrected chi connectivity index (χ2v) is 11.0. The summed E-state index contributed by atoms with van der Waals surface area (Å²) in [4.78, 5) is 0. The molecule has 0 bridgehead atoms. The van der Waals surface area contributed by atoms with Gasteiger partial charge in [0, 0.05) is 0 Å². The summed E-state index contributed by atoms with van der Waals surface area (Å²) in [5.41, 5.74) is 0. The van der Waals surface area contributed by atoms with Gasteiger partial charge in [0.2, 0.25) is 0 Å². The van der Waals surface area contributed by atoms with Crippen LogP contribution in [0.15, 0.2) is 0 Å². The zero-order chi connectivity index (χ0) is 26.0. The molecule has 12 heteroatoms. The Labute approximate surface area is 257 Å². The second kappa shape index (κ2) is 32.5. The summed E-state index contributed by atoms with van der Waals surface area (Å²) in [7, 11) is -8.47. The number of hydrogen-bond acceptors (Lipinski definition) is 6. The van der Waals surface area contributed by atoms with Gasteiger partial charge in [-0.3, -0.25) is 9.11 Å². The molecule has 0 radical (unpaired) electrons. The monoisotopic (exact) mass is 564 g/mol. The summed E-state index contributed by atoms with van der Waals surface area (Å²) in [5, 5.41) is 0. The zero-order valence-corrected chi connectivity index (χ0v) is 23.3. The summed E-state index contributed by atoms with van der Waals surface area (Å²) in [5.74, 6) is 0. The van der Waals surface area contributed by atoms with Crippen molar-refractivity contribution in [1.29, 1.82) is 0 Å². The predicted octanol–water partition coefficient (Wildman–Crippen LogP) is 6.16. The summed E-state index contributed by atoms with van der Waals surface area (Å²) in [6.45, 7) is 4.98. The van der Waals surface area contributed by atoms with E-state index in [0.717, 1.165) is 38.5 Å². The Hall–Kier alpha value is 1.34. The Balaban J connectivity index is -0.000000661. The Morgan fingerprint density at radius 1 is 0.472 bits per heavy atom. The molecule has 0 atom stereocenters. The van der Waals surface area contributed by atoms with Gasteiger partial charge in [-0.1, -0.05) is 129 Å². The molecule has 212 valence electrons. The van der Waals surface area contributed by atoms with Gasteiger partial charge in [-0.15, -0.1) is 0 Å². The third kappa shape index (κ3) is 48.4. The normalized spacial score (nSPS) is 11.2. The van der Waals surface area contributed by atoms with Crippen molar-refractivity contribution in [2.45, 2.75) is 142 Å². The first-order chi connectivity index (χ1) is 16.1. The van der Waals surface area contributed by atoms with Crippen LogP contribution in [0.2, 0.25) is 0 Å². The molecule has 0 saturated heterocycles. The number of unbranched alkanes of at least 4 members (excludes halogenated alkanes) is 18. The van der Waals surface area contributed by atoms with Crippen LogP contribution in [-0.2, 0) is 29.2 Å². The molecule has 8 nitrogen and oxygen atoms in total. The van der Waals surface area contributed by atoms with E-state index in [9.17, 15) is 8.42 Å². The van der Waals surface area contributed by atoms with Crippen molar-refractivity contribution in [3.05, 3.63) is 0 Å². The molecule has 0 aliphatic carbocycles. The molecule has 0 aromatic carbocycles. The molecule has 0 heterocycles. The molecular formula is C24H54LiNaO8S2. The third-order valence-corrected chi connectivity index (χ3v) is 6.36. The fourth-order valence-electron chi connectivity index (χ4n) is 3.53. The topological polar surface area (TPSA) is 127 Å². The van der Waals surface area contributed by atoms with Gasteiger partial charge in [0.15, 0.2) is 0 Å². The Kier molecular flexibility index (Phi) is 40.1. The Morgan fingerprint density at radius 2 is 0.667 bits per heavy atom. The van der Waals surface area contributed by atoms with Crippen LogP contribution in [0, 0.1) is 0 Å². The van der Waals surface area contributed by atoms with Gasteiger partial charge < -0.3 is 0 Å². The molecule has 0 saturated carbocycles. The fourth-order valence-corrected chi connectivity index (χ4v) is 4.25. The van der Waals surface area contributed by atoms with Gasteiger partial charge >= 0.3 is 69.2 Å². The molecule has 0 rings (SSSR count). The van der Waals surface area contributed by atoms with Crippen molar-refractivity contribution in [2.75, 3.05) is 13.2 Å². The van der Waals surface area contributed by atoms with Crippen molar-refractivity contribution in [1.82, 2.24) is 0 Å². The Morgan fingerprint density at radius 3 is 0.889 bits per heavy atom. The van der Waals surface area contributed by atoms with Crippen molar-refractivity contribution in [3.8, 4) is 0 Å². The maximum atomic E-state index is 11.7. The average molecular weight is 565 g/mol. The van der Waals surface area contributed by atoms with Crippen LogP contribution in [0.1, 0.15) is 142 Å². The summed E-state index contributed by atoms with van der Waals surface area (Å²) < 4.78 is 64.9. The van der Waals surface area contributed by atoms with Gasteiger partial charge in [-0.2, -0.15) is 16.8 Å². The van der Waals surface area contributed by atoms with Gasteiger partial charge in [0.05, 0.1) is 13.2 Å². The van der Waals surface area contributed by atoms with Crippen LogP contribution in [-0.4, -0.2) is 87.6 Å². The van der Waals surface area contributed by atoms with Crippen molar-refractivity contribution >= 4 is 69.2 Å². The maximum absolute atomic E-state index is 11.7. The quantitative estimate of drug-likeness (QED) is 0.0811. The van der Waals surface area contributed by atoms with E-state index in [1.807, 2.05) is 0 Å². The van der Waals surface area contributed by atoms with Crippen LogP contribution in [0.3, 0.4) is 0 Å². The first-order valence-electron chi connectivity index (χ1n) is 13.4. The molecule has 0 aliphatic rings. The standard InChI is InChI=1S/C24H50O4S.Li.Na.H2O4S.2H/c1-3-5-7-9-11-13-15-17-19-21-23-27-29(25,26)28-24-22-20-18-16-14-12-10-8-6-4-2;;;1-5(2,3)4;;/h3-24H2,1-2H3;;;(H2,1,2,3,4);;. The summed E-state index contributed by atoms with van der Waals surface area (Å²) >= 11 is 0. The fraction of sp³-hybridized carbons (Fsp3) is 1.00. The summed E-state index contributed by atoms with van der Waals surface area (Å²) in [6.07, 6.45) is 24.4. The first kappa shape index (κ1) is 44.4. The minimum atomic E-state index is -4.67. The molecule has 0 fully saturated rings. The predicted molar refractivity (Wildman–Crippen MR) is 153 cm³/mol. The molecule has 36 heavy (non-hydrogen) atoms. The van der Waals surface area contributed by atoms with E-state index >= 15 is 0 Å². The number of rotatable bonds is 24. The van der Waals surface area contributed by atoms with Crippen LogP contribution < -0.4 is 0 Å². The molecule has 0 amide bonds. The third-order valence-electron chi connectivity index (χ3n) is 5.45. The van der Waals surface area contributed by atoms with E-state index in [2.05, 4.69) is 13.8 Å². The minimum absolute atomic E-state index is 0. The molecule has 0 spiro atoms. The van der Waals surface area contributed by atoms with Gasteiger partial charge in [0.1, 0.15) is 0 Å². The van der Waals surface area contributed by atoms with Gasteiger partial charge in [-0.05, 0) is 12.8 Å². The first-order valence-corrected chi connectivity index (χ1v) is 16.1. The zero-order valence-electron chi connectivity index (χ0n) is 21.7. The Bertz CT molecular complexity index is 580. The van der Waals surface area contributed by atoms with E-state index in [1.165, 1.54) is 89.9 Å². The van der Waals surface area contributed by atoms with E-state index in [0.29, 0.717) is 0 Å². The van der Waals surface area contributed by atoms with Gasteiger partial charge in [-0.25, -0.2) is 8.37 Å². The van der Waals surface area contributed by atoms with Crippen LogP contribution in [0.4, 0.5) is 0 Å². The molecule has 0 aliphatic heterocycles. The van der Waals surface area contributed by atoms with Crippen molar-refractivity contribution < 1.29 is 34.3 Å². The van der Waals surface area contributed by atoms with Crippen molar-refractivity contribution in [3.63, 3.8) is 0 Å². The van der Waals surface area contributed by atoms with E-state index in [4.69, 9.17) is 25.9 Å². The molecule has 0 aromatic rings.